The number of benzene rings is 2. The number of carbonyl (C=O) groups excluding carboxylic acids is 1. The predicted molar refractivity (Wildman–Crippen MR) is 113 cm³/mol. The number of hydrogen-bond acceptors (Lipinski definition) is 4. The zero-order valence-electron chi connectivity index (χ0n) is 17.1. The fourth-order valence-electron chi connectivity index (χ4n) is 4.79. The third kappa shape index (κ3) is 3.44. The van der Waals surface area contributed by atoms with Gasteiger partial charge in [-0.25, -0.2) is 0 Å². The molecule has 29 heavy (non-hydrogen) atoms. The summed E-state index contributed by atoms with van der Waals surface area (Å²) in [4.78, 5) is 15.3. The van der Waals surface area contributed by atoms with Gasteiger partial charge in [0.25, 0.3) is 0 Å². The minimum absolute atomic E-state index is 0.154. The first-order chi connectivity index (χ1) is 14.1. The molecule has 1 saturated heterocycles. The zero-order valence-corrected chi connectivity index (χ0v) is 17.1. The van der Waals surface area contributed by atoms with E-state index in [9.17, 15) is 4.79 Å². The Morgan fingerprint density at radius 1 is 1.10 bits per heavy atom. The highest BCUT2D eigenvalue weighted by molar-refractivity contribution is 5.86. The first-order valence-corrected chi connectivity index (χ1v) is 10.6. The van der Waals surface area contributed by atoms with E-state index in [1.807, 2.05) is 25.4 Å². The lowest BCUT2D eigenvalue weighted by Gasteiger charge is -2.32. The average molecular weight is 389 g/mol. The van der Waals surface area contributed by atoms with Gasteiger partial charge in [0.05, 0.1) is 11.4 Å². The molecule has 1 atom stereocenters. The molecule has 2 aliphatic heterocycles. The highest BCUT2D eigenvalue weighted by atomic mass is 16.5. The van der Waals surface area contributed by atoms with Crippen molar-refractivity contribution in [2.75, 3.05) is 19.6 Å². The van der Waals surface area contributed by atoms with Gasteiger partial charge in [0, 0.05) is 18.6 Å². The Kier molecular flexibility index (Phi) is 4.63. The van der Waals surface area contributed by atoms with E-state index in [-0.39, 0.29) is 11.9 Å². The van der Waals surface area contributed by atoms with E-state index in [1.54, 1.807) is 4.68 Å². The average Bonchev–Trinajstić information content (AvgIpc) is 3.12. The molecule has 5 nitrogen and oxygen atoms in total. The molecule has 1 unspecified atom stereocenters. The van der Waals surface area contributed by atoms with E-state index in [4.69, 9.17) is 4.74 Å². The van der Waals surface area contributed by atoms with Crippen LogP contribution in [0.1, 0.15) is 48.3 Å². The number of piperidine rings is 1. The van der Waals surface area contributed by atoms with Gasteiger partial charge in [-0.3, -0.25) is 9.48 Å². The minimum Gasteiger partial charge on any atom is -0.426 e. The fraction of sp³-hybridized carbons (Fsp3) is 0.417. The first kappa shape index (κ1) is 18.4. The van der Waals surface area contributed by atoms with Crippen molar-refractivity contribution < 1.29 is 9.53 Å². The summed E-state index contributed by atoms with van der Waals surface area (Å²) in [6.07, 6.45) is 5.02. The van der Waals surface area contributed by atoms with E-state index >= 15 is 0 Å². The van der Waals surface area contributed by atoms with E-state index in [1.165, 1.54) is 18.4 Å². The van der Waals surface area contributed by atoms with Gasteiger partial charge in [-0.15, -0.1) is 0 Å². The maximum Gasteiger partial charge on any atom is 0.319 e. The summed E-state index contributed by atoms with van der Waals surface area (Å²) in [5.41, 5.74) is 4.37. The van der Waals surface area contributed by atoms with E-state index < -0.39 is 0 Å². The van der Waals surface area contributed by atoms with Gasteiger partial charge in [-0.1, -0.05) is 25.1 Å². The van der Waals surface area contributed by atoms with Crippen molar-refractivity contribution in [2.24, 2.45) is 7.05 Å². The molecule has 3 aromatic rings. The van der Waals surface area contributed by atoms with Crippen LogP contribution in [0.25, 0.3) is 10.9 Å². The summed E-state index contributed by atoms with van der Waals surface area (Å²) in [6.45, 7) is 5.65. The SMILES string of the molecule is CCN1CCC(c2ccc3c(c2)OC(=O)C(c2ccc4nn(C)cc4c2)C3)CC1. The third-order valence-corrected chi connectivity index (χ3v) is 6.56. The van der Waals surface area contributed by atoms with Crippen LogP contribution in [-0.4, -0.2) is 40.3 Å². The molecule has 0 saturated carbocycles. The molecule has 3 heterocycles. The van der Waals surface area contributed by atoms with Crippen LogP contribution in [0, 0.1) is 0 Å². The van der Waals surface area contributed by atoms with Crippen molar-refractivity contribution in [2.45, 2.75) is 38.0 Å². The number of esters is 1. The molecule has 1 aromatic heterocycles. The number of nitrogens with zero attached hydrogens (tertiary/aromatic N) is 3. The Balaban J connectivity index is 1.38. The summed E-state index contributed by atoms with van der Waals surface area (Å²) in [7, 11) is 1.91. The van der Waals surface area contributed by atoms with Gasteiger partial charge < -0.3 is 9.64 Å². The predicted octanol–water partition coefficient (Wildman–Crippen LogP) is 4.02. The third-order valence-electron chi connectivity index (χ3n) is 6.56. The van der Waals surface area contributed by atoms with Gasteiger partial charge in [0.1, 0.15) is 5.75 Å². The van der Waals surface area contributed by atoms with Crippen molar-refractivity contribution in [3.8, 4) is 5.75 Å². The summed E-state index contributed by atoms with van der Waals surface area (Å²) in [5, 5.41) is 5.47. The molecule has 150 valence electrons. The van der Waals surface area contributed by atoms with Crippen LogP contribution < -0.4 is 4.74 Å². The van der Waals surface area contributed by atoms with Crippen LogP contribution in [0.5, 0.6) is 5.75 Å². The van der Waals surface area contributed by atoms with Crippen LogP contribution in [0.3, 0.4) is 0 Å². The molecule has 0 bridgehead atoms. The lowest BCUT2D eigenvalue weighted by Crippen LogP contribution is -2.32. The number of aryl methyl sites for hydroxylation is 1. The number of ether oxygens (including phenoxy) is 1. The van der Waals surface area contributed by atoms with Crippen LogP contribution in [0.15, 0.2) is 42.6 Å². The second kappa shape index (κ2) is 7.30. The summed E-state index contributed by atoms with van der Waals surface area (Å²) in [5.74, 6) is 0.904. The zero-order chi connectivity index (χ0) is 20.0. The van der Waals surface area contributed by atoms with E-state index in [2.05, 4.69) is 41.2 Å². The van der Waals surface area contributed by atoms with Crippen molar-refractivity contribution in [3.63, 3.8) is 0 Å². The van der Waals surface area contributed by atoms with Crippen molar-refractivity contribution in [1.82, 2.24) is 14.7 Å². The number of rotatable bonds is 3. The first-order valence-electron chi connectivity index (χ1n) is 10.6. The number of aromatic nitrogens is 2. The van der Waals surface area contributed by atoms with E-state index in [0.29, 0.717) is 12.3 Å². The minimum atomic E-state index is -0.259. The van der Waals surface area contributed by atoms with Crippen molar-refractivity contribution >= 4 is 16.9 Å². The standard InChI is InChI=1S/C24H27N3O2/c1-3-27-10-8-16(9-11-27)17-4-5-19-13-21(24(28)29-23(19)14-17)18-6-7-22-20(12-18)15-26(2)25-22/h4-7,12,14-16,21H,3,8-11,13H2,1-2H3. The Hall–Kier alpha value is -2.66. The highest BCUT2D eigenvalue weighted by Gasteiger charge is 2.31. The van der Waals surface area contributed by atoms with Gasteiger partial charge in [-0.05, 0) is 79.7 Å². The molecule has 0 spiro atoms. The molecule has 2 aliphatic rings. The highest BCUT2D eigenvalue weighted by Crippen LogP contribution is 2.37. The molecule has 5 rings (SSSR count). The van der Waals surface area contributed by atoms with Crippen LogP contribution in [0.2, 0.25) is 0 Å². The molecule has 0 radical (unpaired) electrons. The molecular formula is C24H27N3O2. The van der Waals surface area contributed by atoms with Crippen LogP contribution >= 0.6 is 0 Å². The second-order valence-corrected chi connectivity index (χ2v) is 8.37. The Morgan fingerprint density at radius 2 is 1.90 bits per heavy atom. The largest absolute Gasteiger partial charge is 0.426 e. The topological polar surface area (TPSA) is 47.4 Å². The quantitative estimate of drug-likeness (QED) is 0.501. The molecule has 0 amide bonds. The monoisotopic (exact) mass is 389 g/mol. The Labute approximate surface area is 171 Å². The number of carbonyl (C=O) groups is 1. The normalized spacial score (nSPS) is 20.6. The Morgan fingerprint density at radius 3 is 2.69 bits per heavy atom. The van der Waals surface area contributed by atoms with Crippen LogP contribution in [-0.2, 0) is 18.3 Å². The maximum atomic E-state index is 12.8. The molecule has 1 fully saturated rings. The van der Waals surface area contributed by atoms with Gasteiger partial charge in [0.2, 0.25) is 0 Å². The molecule has 0 aliphatic carbocycles. The molecule has 2 aromatic carbocycles. The summed E-state index contributed by atoms with van der Waals surface area (Å²) in [6, 6.07) is 12.6. The lowest BCUT2D eigenvalue weighted by molar-refractivity contribution is -0.137. The van der Waals surface area contributed by atoms with Crippen LogP contribution in [0.4, 0.5) is 0 Å². The van der Waals surface area contributed by atoms with Gasteiger partial charge in [0.15, 0.2) is 0 Å². The van der Waals surface area contributed by atoms with Crippen molar-refractivity contribution in [1.29, 1.82) is 0 Å². The number of likely N-dealkylation sites (tertiary alicyclic amines) is 1. The van der Waals surface area contributed by atoms with E-state index in [0.717, 1.165) is 47.4 Å². The molecule has 5 heteroatoms. The molecular weight excluding hydrogens is 362 g/mol. The smallest absolute Gasteiger partial charge is 0.319 e. The molecule has 0 N–H and O–H groups in total. The second-order valence-electron chi connectivity index (χ2n) is 8.37. The Bertz CT molecular complexity index is 1060. The fourth-order valence-corrected chi connectivity index (χ4v) is 4.79. The van der Waals surface area contributed by atoms with Gasteiger partial charge >= 0.3 is 5.97 Å². The number of hydrogen-bond donors (Lipinski definition) is 0. The summed E-state index contributed by atoms with van der Waals surface area (Å²) >= 11 is 0. The van der Waals surface area contributed by atoms with Crippen molar-refractivity contribution in [3.05, 3.63) is 59.3 Å². The van der Waals surface area contributed by atoms with Gasteiger partial charge in [-0.2, -0.15) is 5.10 Å². The number of fused-ring (bicyclic) bond motifs is 2. The summed E-state index contributed by atoms with van der Waals surface area (Å²) < 4.78 is 7.62. The lowest BCUT2D eigenvalue weighted by atomic mass is 9.85. The maximum absolute atomic E-state index is 12.8.